The lowest BCUT2D eigenvalue weighted by molar-refractivity contribution is 0.219. The summed E-state index contributed by atoms with van der Waals surface area (Å²) in [4.78, 5) is 12.0. The standard InChI is InChI=1S/C11H20N4O3/c1-11(2,5-6-16)7-12-8-13-9(17-3)15-10(14-8)18-4/h16H,5-7H2,1-4H3,(H,12,13,14,15). The highest BCUT2D eigenvalue weighted by Gasteiger charge is 2.18. The Morgan fingerprint density at radius 1 is 1.11 bits per heavy atom. The second kappa shape index (κ2) is 6.34. The maximum atomic E-state index is 8.95. The number of rotatable bonds is 7. The zero-order chi connectivity index (χ0) is 13.6. The third-order valence-electron chi connectivity index (χ3n) is 2.47. The molecule has 0 aromatic carbocycles. The van der Waals surface area contributed by atoms with Crippen LogP contribution in [0.2, 0.25) is 0 Å². The molecule has 102 valence electrons. The lowest BCUT2D eigenvalue weighted by Gasteiger charge is -2.23. The second-order valence-electron chi connectivity index (χ2n) is 4.62. The van der Waals surface area contributed by atoms with E-state index in [1.54, 1.807) is 0 Å². The molecular formula is C11H20N4O3. The largest absolute Gasteiger partial charge is 0.467 e. The van der Waals surface area contributed by atoms with E-state index in [9.17, 15) is 0 Å². The average molecular weight is 256 g/mol. The Labute approximate surface area is 107 Å². The number of aliphatic hydroxyl groups excluding tert-OH is 1. The molecule has 1 aromatic rings. The van der Waals surface area contributed by atoms with Gasteiger partial charge in [-0.1, -0.05) is 13.8 Å². The van der Waals surface area contributed by atoms with E-state index in [-0.39, 0.29) is 24.0 Å². The van der Waals surface area contributed by atoms with Crippen molar-refractivity contribution in [1.82, 2.24) is 15.0 Å². The van der Waals surface area contributed by atoms with Crippen molar-refractivity contribution < 1.29 is 14.6 Å². The van der Waals surface area contributed by atoms with Gasteiger partial charge in [-0.3, -0.25) is 0 Å². The Bertz CT molecular complexity index is 362. The predicted octanol–water partition coefficient (Wildman–Crippen LogP) is 0.709. The molecule has 0 aliphatic heterocycles. The van der Waals surface area contributed by atoms with Gasteiger partial charge in [-0.15, -0.1) is 4.98 Å². The highest BCUT2D eigenvalue weighted by Crippen LogP contribution is 2.20. The SMILES string of the molecule is COc1nc(NCC(C)(C)CCO)nc(OC)n1. The smallest absolute Gasteiger partial charge is 0.324 e. The molecule has 0 aliphatic carbocycles. The molecule has 0 saturated carbocycles. The van der Waals surface area contributed by atoms with Crippen LogP contribution in [0.3, 0.4) is 0 Å². The van der Waals surface area contributed by atoms with Crippen LogP contribution in [0.4, 0.5) is 5.95 Å². The predicted molar refractivity (Wildman–Crippen MR) is 66.9 cm³/mol. The molecule has 0 fully saturated rings. The first-order valence-electron chi connectivity index (χ1n) is 5.69. The minimum absolute atomic E-state index is 0.0537. The summed E-state index contributed by atoms with van der Waals surface area (Å²) in [5.74, 6) is 0.393. The first kappa shape index (κ1) is 14.4. The molecule has 1 rings (SSSR count). The van der Waals surface area contributed by atoms with Gasteiger partial charge in [0.15, 0.2) is 0 Å². The number of ether oxygens (including phenoxy) is 2. The number of aromatic nitrogens is 3. The van der Waals surface area contributed by atoms with Crippen molar-refractivity contribution in [2.24, 2.45) is 5.41 Å². The summed E-state index contributed by atoms with van der Waals surface area (Å²) < 4.78 is 9.91. The van der Waals surface area contributed by atoms with E-state index < -0.39 is 0 Å². The molecule has 7 heteroatoms. The molecule has 0 bridgehead atoms. The van der Waals surface area contributed by atoms with E-state index in [2.05, 4.69) is 20.3 Å². The molecule has 0 radical (unpaired) electrons. The van der Waals surface area contributed by atoms with Crippen molar-refractivity contribution in [3.05, 3.63) is 0 Å². The van der Waals surface area contributed by atoms with Gasteiger partial charge in [-0.2, -0.15) is 9.97 Å². The molecule has 0 amide bonds. The Kier molecular flexibility index (Phi) is 5.08. The number of aliphatic hydroxyl groups is 1. The van der Waals surface area contributed by atoms with E-state index in [1.807, 2.05) is 13.8 Å². The van der Waals surface area contributed by atoms with Crippen molar-refractivity contribution in [3.8, 4) is 12.0 Å². The van der Waals surface area contributed by atoms with Crippen LogP contribution in [-0.4, -0.2) is 47.4 Å². The lowest BCUT2D eigenvalue weighted by atomic mass is 9.90. The van der Waals surface area contributed by atoms with Gasteiger partial charge in [0.25, 0.3) is 0 Å². The van der Waals surface area contributed by atoms with Crippen LogP contribution in [0.25, 0.3) is 0 Å². The van der Waals surface area contributed by atoms with Crippen molar-refractivity contribution in [3.63, 3.8) is 0 Å². The van der Waals surface area contributed by atoms with Crippen LogP contribution in [0, 0.1) is 5.41 Å². The topological polar surface area (TPSA) is 89.4 Å². The van der Waals surface area contributed by atoms with Gasteiger partial charge in [-0.25, -0.2) is 0 Å². The zero-order valence-electron chi connectivity index (χ0n) is 11.2. The summed E-state index contributed by atoms with van der Waals surface area (Å²) in [6, 6.07) is 0.397. The first-order chi connectivity index (χ1) is 8.50. The Balaban J connectivity index is 2.72. The summed E-state index contributed by atoms with van der Waals surface area (Å²) in [7, 11) is 2.96. The van der Waals surface area contributed by atoms with E-state index in [4.69, 9.17) is 14.6 Å². The number of anilines is 1. The summed E-state index contributed by atoms with van der Waals surface area (Å²) >= 11 is 0. The molecule has 2 N–H and O–H groups in total. The van der Waals surface area contributed by atoms with Crippen LogP contribution in [-0.2, 0) is 0 Å². The van der Waals surface area contributed by atoms with E-state index in [1.165, 1.54) is 14.2 Å². The monoisotopic (exact) mass is 256 g/mol. The number of hydrogen-bond acceptors (Lipinski definition) is 7. The second-order valence-corrected chi connectivity index (χ2v) is 4.62. The third kappa shape index (κ3) is 4.33. The number of nitrogens with zero attached hydrogens (tertiary/aromatic N) is 3. The molecule has 0 spiro atoms. The van der Waals surface area contributed by atoms with Crippen molar-refractivity contribution in [1.29, 1.82) is 0 Å². The molecular weight excluding hydrogens is 236 g/mol. The van der Waals surface area contributed by atoms with Crippen LogP contribution in [0.15, 0.2) is 0 Å². The highest BCUT2D eigenvalue weighted by atomic mass is 16.5. The highest BCUT2D eigenvalue weighted by molar-refractivity contribution is 5.27. The first-order valence-corrected chi connectivity index (χ1v) is 5.69. The molecule has 0 aliphatic rings. The fourth-order valence-corrected chi connectivity index (χ4v) is 1.31. The van der Waals surface area contributed by atoms with Crippen molar-refractivity contribution >= 4 is 5.95 Å². The molecule has 0 atom stereocenters. The van der Waals surface area contributed by atoms with Crippen molar-refractivity contribution in [2.75, 3.05) is 32.7 Å². The fourth-order valence-electron chi connectivity index (χ4n) is 1.31. The summed E-state index contributed by atoms with van der Waals surface area (Å²) in [6.07, 6.45) is 0.694. The van der Waals surface area contributed by atoms with Gasteiger partial charge in [0.1, 0.15) is 0 Å². The summed E-state index contributed by atoms with van der Waals surface area (Å²) in [5, 5.41) is 12.0. The quantitative estimate of drug-likeness (QED) is 0.742. The summed E-state index contributed by atoms with van der Waals surface area (Å²) in [5.41, 5.74) is -0.0537. The average Bonchev–Trinajstić information content (AvgIpc) is 2.36. The minimum Gasteiger partial charge on any atom is -0.467 e. The number of methoxy groups -OCH3 is 2. The number of nitrogens with one attached hydrogen (secondary N) is 1. The molecule has 1 heterocycles. The summed E-state index contributed by atoms with van der Waals surface area (Å²) in [6.45, 7) is 4.88. The molecule has 1 aromatic heterocycles. The maximum absolute atomic E-state index is 8.95. The van der Waals surface area contributed by atoms with E-state index >= 15 is 0 Å². The van der Waals surface area contributed by atoms with Crippen LogP contribution < -0.4 is 14.8 Å². The van der Waals surface area contributed by atoms with Gasteiger partial charge >= 0.3 is 12.0 Å². The van der Waals surface area contributed by atoms with Crippen molar-refractivity contribution in [2.45, 2.75) is 20.3 Å². The van der Waals surface area contributed by atoms with Gasteiger partial charge in [0.2, 0.25) is 5.95 Å². The third-order valence-corrected chi connectivity index (χ3v) is 2.47. The fraction of sp³-hybridized carbons (Fsp3) is 0.727. The van der Waals surface area contributed by atoms with Gasteiger partial charge in [0.05, 0.1) is 14.2 Å². The molecule has 18 heavy (non-hydrogen) atoms. The lowest BCUT2D eigenvalue weighted by Crippen LogP contribution is -2.25. The van der Waals surface area contributed by atoms with Crippen LogP contribution in [0.1, 0.15) is 20.3 Å². The number of hydrogen-bond donors (Lipinski definition) is 2. The van der Waals surface area contributed by atoms with Gasteiger partial charge < -0.3 is 19.9 Å². The maximum Gasteiger partial charge on any atom is 0.324 e. The van der Waals surface area contributed by atoms with Crippen LogP contribution in [0.5, 0.6) is 12.0 Å². The van der Waals surface area contributed by atoms with E-state index in [0.717, 1.165) is 0 Å². The van der Waals surface area contributed by atoms with Crippen LogP contribution >= 0.6 is 0 Å². The minimum atomic E-state index is -0.0537. The molecule has 0 saturated heterocycles. The molecule has 7 nitrogen and oxygen atoms in total. The normalized spacial score (nSPS) is 11.2. The Morgan fingerprint density at radius 2 is 1.67 bits per heavy atom. The van der Waals surface area contributed by atoms with Gasteiger partial charge in [0, 0.05) is 13.2 Å². The van der Waals surface area contributed by atoms with Gasteiger partial charge in [-0.05, 0) is 11.8 Å². The Morgan fingerprint density at radius 3 is 2.11 bits per heavy atom. The molecule has 0 unspecified atom stereocenters. The Hall–Kier alpha value is -1.63. The van der Waals surface area contributed by atoms with E-state index in [0.29, 0.717) is 18.9 Å². The zero-order valence-corrected chi connectivity index (χ0v) is 11.2.